The first-order chi connectivity index (χ1) is 14.6. The molecular weight excluding hydrogens is 380 g/mol. The van der Waals surface area contributed by atoms with Gasteiger partial charge in [0.2, 0.25) is 0 Å². The number of aromatic nitrogens is 1. The second-order valence-electron chi connectivity index (χ2n) is 8.70. The second kappa shape index (κ2) is 8.98. The van der Waals surface area contributed by atoms with Crippen LogP contribution in [0.25, 0.3) is 10.9 Å². The number of esters is 1. The number of H-pyrrole nitrogens is 1. The molecule has 1 aromatic heterocycles. The summed E-state index contributed by atoms with van der Waals surface area (Å²) >= 11 is 0. The van der Waals surface area contributed by atoms with Gasteiger partial charge in [-0.25, -0.2) is 0 Å². The summed E-state index contributed by atoms with van der Waals surface area (Å²) in [4.78, 5) is 18.2. The Morgan fingerprint density at radius 1 is 1.27 bits per heavy atom. The molecule has 164 valence electrons. The zero-order valence-electron chi connectivity index (χ0n) is 18.6. The first-order valence-electron chi connectivity index (χ1n) is 11.1. The number of hydrogen-bond donors (Lipinski definition) is 1. The van der Waals surface area contributed by atoms with Crippen LogP contribution in [0.3, 0.4) is 0 Å². The van der Waals surface area contributed by atoms with Gasteiger partial charge in [0, 0.05) is 36.8 Å². The van der Waals surface area contributed by atoms with Crippen molar-refractivity contribution >= 4 is 16.9 Å². The summed E-state index contributed by atoms with van der Waals surface area (Å²) in [5.41, 5.74) is 3.92. The van der Waals surface area contributed by atoms with E-state index in [1.54, 1.807) is 14.2 Å². The molecule has 3 heterocycles. The zero-order chi connectivity index (χ0) is 21.3. The molecule has 6 nitrogen and oxygen atoms in total. The van der Waals surface area contributed by atoms with Gasteiger partial charge >= 0.3 is 5.97 Å². The highest BCUT2D eigenvalue weighted by Gasteiger charge is 2.40. The SMILES string of the molecule is CC[C@@H]1CN2CCc3c([nH]c4cccc(OC)c34)[C@@H]2C[C@@H]1CC(CC(=O)OC)OC. The summed E-state index contributed by atoms with van der Waals surface area (Å²) < 4.78 is 16.2. The van der Waals surface area contributed by atoms with Gasteiger partial charge in [-0.2, -0.15) is 0 Å². The number of carbonyl (C=O) groups is 1. The quantitative estimate of drug-likeness (QED) is 0.692. The molecule has 0 bridgehead atoms. The fourth-order valence-corrected chi connectivity index (χ4v) is 5.65. The molecule has 0 aliphatic carbocycles. The number of hydrogen-bond acceptors (Lipinski definition) is 5. The molecule has 1 N–H and O–H groups in total. The predicted molar refractivity (Wildman–Crippen MR) is 117 cm³/mol. The van der Waals surface area contributed by atoms with Gasteiger partial charge in [-0.1, -0.05) is 19.4 Å². The minimum atomic E-state index is -0.199. The maximum absolute atomic E-state index is 11.8. The average molecular weight is 415 g/mol. The molecule has 0 amide bonds. The van der Waals surface area contributed by atoms with Crippen LogP contribution in [0.15, 0.2) is 18.2 Å². The number of nitrogens with one attached hydrogen (secondary N) is 1. The van der Waals surface area contributed by atoms with E-state index >= 15 is 0 Å². The zero-order valence-corrected chi connectivity index (χ0v) is 18.6. The highest BCUT2D eigenvalue weighted by atomic mass is 16.5. The summed E-state index contributed by atoms with van der Waals surface area (Å²) in [6.45, 7) is 4.47. The number of benzene rings is 1. The summed E-state index contributed by atoms with van der Waals surface area (Å²) in [7, 11) is 4.89. The first kappa shape index (κ1) is 21.2. The molecule has 1 fully saturated rings. The Labute approximate surface area is 178 Å². The Hall–Kier alpha value is -2.05. The number of fused-ring (bicyclic) bond motifs is 5. The summed E-state index contributed by atoms with van der Waals surface area (Å²) in [5, 5.41) is 1.24. The highest BCUT2D eigenvalue weighted by Crippen LogP contribution is 2.46. The number of methoxy groups -OCH3 is 3. The topological polar surface area (TPSA) is 63.8 Å². The lowest BCUT2D eigenvalue weighted by Gasteiger charge is -2.47. The van der Waals surface area contributed by atoms with Gasteiger partial charge in [-0.3, -0.25) is 9.69 Å². The van der Waals surface area contributed by atoms with E-state index in [9.17, 15) is 4.79 Å². The summed E-state index contributed by atoms with van der Waals surface area (Å²) in [5.74, 6) is 1.90. The molecule has 2 aromatic rings. The molecule has 2 aliphatic rings. The van der Waals surface area contributed by atoms with Gasteiger partial charge < -0.3 is 19.2 Å². The molecule has 4 atom stereocenters. The summed E-state index contributed by atoms with van der Waals surface area (Å²) in [6, 6.07) is 6.63. The number of carbonyl (C=O) groups excluding carboxylic acids is 1. The van der Waals surface area contributed by atoms with Gasteiger partial charge in [0.05, 0.1) is 32.8 Å². The van der Waals surface area contributed by atoms with Crippen LogP contribution in [0.4, 0.5) is 0 Å². The van der Waals surface area contributed by atoms with Crippen molar-refractivity contribution in [1.29, 1.82) is 0 Å². The second-order valence-corrected chi connectivity index (χ2v) is 8.70. The number of piperidine rings is 1. The fraction of sp³-hybridized carbons (Fsp3) is 0.625. The van der Waals surface area contributed by atoms with E-state index in [2.05, 4.69) is 28.9 Å². The van der Waals surface area contributed by atoms with E-state index < -0.39 is 0 Å². The van der Waals surface area contributed by atoms with E-state index in [-0.39, 0.29) is 12.1 Å². The van der Waals surface area contributed by atoms with Crippen molar-refractivity contribution in [3.63, 3.8) is 0 Å². The van der Waals surface area contributed by atoms with Crippen LogP contribution in [-0.4, -0.2) is 56.4 Å². The van der Waals surface area contributed by atoms with Crippen molar-refractivity contribution in [2.75, 3.05) is 34.4 Å². The van der Waals surface area contributed by atoms with E-state index in [1.165, 1.54) is 23.8 Å². The maximum atomic E-state index is 11.8. The molecule has 0 spiro atoms. The first-order valence-corrected chi connectivity index (χ1v) is 11.1. The third-order valence-electron chi connectivity index (χ3n) is 7.27. The fourth-order valence-electron chi connectivity index (χ4n) is 5.65. The standard InChI is InChI=1S/C24H34N2O4/c1-5-15-14-26-10-9-18-23-19(7-6-8-21(23)29-3)25-24(18)20(26)12-16(15)11-17(28-2)13-22(27)30-4/h6-8,15-17,20,25H,5,9-14H2,1-4H3/t15-,16+,17?,20+/m1/s1. The Morgan fingerprint density at radius 3 is 2.80 bits per heavy atom. The molecule has 6 heteroatoms. The Balaban J connectivity index is 1.61. The molecule has 0 saturated carbocycles. The molecule has 1 unspecified atom stereocenters. The van der Waals surface area contributed by atoms with Crippen LogP contribution in [0.2, 0.25) is 0 Å². The molecule has 1 aromatic carbocycles. The lowest BCUT2D eigenvalue weighted by Crippen LogP contribution is -2.46. The van der Waals surface area contributed by atoms with Gasteiger partial charge in [0.15, 0.2) is 0 Å². The Kier molecular flexibility index (Phi) is 6.34. The van der Waals surface area contributed by atoms with Crippen molar-refractivity contribution in [3.8, 4) is 5.75 Å². The number of ether oxygens (including phenoxy) is 3. The van der Waals surface area contributed by atoms with Crippen LogP contribution in [0, 0.1) is 11.8 Å². The van der Waals surface area contributed by atoms with Crippen molar-refractivity contribution in [2.45, 2.75) is 51.2 Å². The van der Waals surface area contributed by atoms with E-state index in [4.69, 9.17) is 14.2 Å². The minimum Gasteiger partial charge on any atom is -0.496 e. The molecule has 30 heavy (non-hydrogen) atoms. The van der Waals surface area contributed by atoms with Crippen LogP contribution >= 0.6 is 0 Å². The van der Waals surface area contributed by atoms with Crippen LogP contribution in [0.1, 0.15) is 49.9 Å². The molecule has 0 radical (unpaired) electrons. The predicted octanol–water partition coefficient (Wildman–Crippen LogP) is 4.09. The monoisotopic (exact) mass is 414 g/mol. The smallest absolute Gasteiger partial charge is 0.308 e. The van der Waals surface area contributed by atoms with Crippen LogP contribution in [-0.2, 0) is 20.7 Å². The van der Waals surface area contributed by atoms with Crippen molar-refractivity contribution in [2.24, 2.45) is 11.8 Å². The third-order valence-corrected chi connectivity index (χ3v) is 7.27. The number of nitrogens with zero attached hydrogens (tertiary/aromatic N) is 1. The number of aromatic amines is 1. The van der Waals surface area contributed by atoms with Gasteiger partial charge in [0.1, 0.15) is 5.75 Å². The third kappa shape index (κ3) is 3.83. The largest absolute Gasteiger partial charge is 0.496 e. The van der Waals surface area contributed by atoms with Crippen molar-refractivity contribution < 1.29 is 19.0 Å². The van der Waals surface area contributed by atoms with Gasteiger partial charge in [0.25, 0.3) is 0 Å². The van der Waals surface area contributed by atoms with Crippen LogP contribution < -0.4 is 4.74 Å². The normalized spacial score (nSPS) is 24.9. The lowest BCUT2D eigenvalue weighted by atomic mass is 9.74. The van der Waals surface area contributed by atoms with E-state index in [1.807, 2.05) is 6.07 Å². The van der Waals surface area contributed by atoms with Gasteiger partial charge in [-0.15, -0.1) is 0 Å². The van der Waals surface area contributed by atoms with E-state index in [0.29, 0.717) is 24.3 Å². The molecule has 2 aliphatic heterocycles. The lowest BCUT2D eigenvalue weighted by molar-refractivity contribution is -0.143. The van der Waals surface area contributed by atoms with Crippen LogP contribution in [0.5, 0.6) is 5.75 Å². The Bertz CT molecular complexity index is 893. The molecule has 4 rings (SSSR count). The maximum Gasteiger partial charge on any atom is 0.308 e. The van der Waals surface area contributed by atoms with E-state index in [0.717, 1.165) is 50.0 Å². The average Bonchev–Trinajstić information content (AvgIpc) is 3.17. The van der Waals surface area contributed by atoms with Gasteiger partial charge in [-0.05, 0) is 48.8 Å². The molecule has 1 saturated heterocycles. The number of rotatable bonds is 7. The Morgan fingerprint density at radius 2 is 2.10 bits per heavy atom. The molecular formula is C24H34N2O4. The summed E-state index contributed by atoms with van der Waals surface area (Å²) in [6.07, 6.45) is 4.42. The van der Waals surface area contributed by atoms with Crippen molar-refractivity contribution in [1.82, 2.24) is 9.88 Å². The van der Waals surface area contributed by atoms with Crippen molar-refractivity contribution in [3.05, 3.63) is 29.5 Å². The minimum absolute atomic E-state index is 0.0890. The highest BCUT2D eigenvalue weighted by molar-refractivity contribution is 5.91.